The zero-order valence-electron chi connectivity index (χ0n) is 16.0. The molecule has 2 rings (SSSR count). The van der Waals surface area contributed by atoms with E-state index in [0.717, 1.165) is 24.3 Å². The fraction of sp³-hybridized carbons (Fsp3) is 0.263. The number of nitrogens with one attached hydrogen (secondary N) is 2. The minimum atomic E-state index is -1.69. The Morgan fingerprint density at radius 3 is 2.07 bits per heavy atom. The van der Waals surface area contributed by atoms with Crippen LogP contribution in [0.1, 0.15) is 29.7 Å². The molecule has 30 heavy (non-hydrogen) atoms. The SMILES string of the molecule is CCOC(C(=O)NCc1c(F)cc(C(=N)N)cc1F)c1c(F)cc(OC)cc1F.Cl. The van der Waals surface area contributed by atoms with Gasteiger partial charge in [0.2, 0.25) is 0 Å². The van der Waals surface area contributed by atoms with E-state index in [1.807, 2.05) is 0 Å². The molecule has 0 heterocycles. The van der Waals surface area contributed by atoms with Gasteiger partial charge in [-0.2, -0.15) is 0 Å². The predicted molar refractivity (Wildman–Crippen MR) is 104 cm³/mol. The Hall–Kier alpha value is -2.85. The second-order valence-electron chi connectivity index (χ2n) is 5.89. The van der Waals surface area contributed by atoms with Crippen LogP contribution in [0.25, 0.3) is 0 Å². The van der Waals surface area contributed by atoms with Gasteiger partial charge < -0.3 is 20.5 Å². The van der Waals surface area contributed by atoms with E-state index in [2.05, 4.69) is 5.32 Å². The number of methoxy groups -OCH3 is 1. The highest BCUT2D eigenvalue weighted by atomic mass is 35.5. The number of nitrogens with two attached hydrogens (primary N) is 1. The van der Waals surface area contributed by atoms with E-state index >= 15 is 0 Å². The molecule has 0 aliphatic rings. The molecule has 0 saturated heterocycles. The van der Waals surface area contributed by atoms with Crippen LogP contribution >= 0.6 is 12.4 Å². The molecule has 4 N–H and O–H groups in total. The van der Waals surface area contributed by atoms with Crippen LogP contribution in [0.5, 0.6) is 5.75 Å². The van der Waals surface area contributed by atoms with Crippen LogP contribution in [-0.2, 0) is 16.1 Å². The van der Waals surface area contributed by atoms with Crippen molar-refractivity contribution in [1.29, 1.82) is 5.41 Å². The number of amides is 1. The fourth-order valence-corrected chi connectivity index (χ4v) is 2.58. The van der Waals surface area contributed by atoms with Gasteiger partial charge in [0.15, 0.2) is 6.10 Å². The van der Waals surface area contributed by atoms with Gasteiger partial charge in [-0.1, -0.05) is 0 Å². The summed E-state index contributed by atoms with van der Waals surface area (Å²) in [6.07, 6.45) is -1.69. The Labute approximate surface area is 176 Å². The molecule has 0 radical (unpaired) electrons. The maximum Gasteiger partial charge on any atom is 0.254 e. The molecule has 0 saturated carbocycles. The maximum atomic E-state index is 14.3. The molecule has 1 unspecified atom stereocenters. The highest BCUT2D eigenvalue weighted by Gasteiger charge is 2.29. The second-order valence-corrected chi connectivity index (χ2v) is 5.89. The summed E-state index contributed by atoms with van der Waals surface area (Å²) in [5.74, 6) is -5.83. The largest absolute Gasteiger partial charge is 0.497 e. The minimum Gasteiger partial charge on any atom is -0.497 e. The molecule has 11 heteroatoms. The normalized spacial score (nSPS) is 11.4. The summed E-state index contributed by atoms with van der Waals surface area (Å²) in [5.41, 5.74) is 3.87. The third-order valence-electron chi connectivity index (χ3n) is 4.01. The first-order chi connectivity index (χ1) is 13.7. The summed E-state index contributed by atoms with van der Waals surface area (Å²) >= 11 is 0. The Bertz CT molecular complexity index is 897. The van der Waals surface area contributed by atoms with Crippen molar-refractivity contribution in [3.05, 3.63) is 64.2 Å². The van der Waals surface area contributed by atoms with Crippen LogP contribution in [0, 0.1) is 28.7 Å². The summed E-state index contributed by atoms with van der Waals surface area (Å²) in [4.78, 5) is 12.5. The predicted octanol–water partition coefficient (Wildman–Crippen LogP) is 3.35. The van der Waals surface area contributed by atoms with Crippen LogP contribution in [0.15, 0.2) is 24.3 Å². The lowest BCUT2D eigenvalue weighted by Gasteiger charge is -2.19. The molecule has 6 nitrogen and oxygen atoms in total. The van der Waals surface area contributed by atoms with Gasteiger partial charge in [-0.25, -0.2) is 17.6 Å². The number of nitrogen functional groups attached to an aromatic ring is 1. The molecule has 1 amide bonds. The topological polar surface area (TPSA) is 97.4 Å². The lowest BCUT2D eigenvalue weighted by atomic mass is 10.1. The highest BCUT2D eigenvalue weighted by Crippen LogP contribution is 2.28. The molecule has 164 valence electrons. The fourth-order valence-electron chi connectivity index (χ4n) is 2.58. The summed E-state index contributed by atoms with van der Waals surface area (Å²) in [6.45, 7) is 0.843. The van der Waals surface area contributed by atoms with Crippen molar-refractivity contribution in [3.63, 3.8) is 0 Å². The molecule has 0 spiro atoms. The lowest BCUT2D eigenvalue weighted by molar-refractivity contribution is -0.133. The molecule has 0 aliphatic carbocycles. The van der Waals surface area contributed by atoms with Crippen molar-refractivity contribution in [1.82, 2.24) is 5.32 Å². The van der Waals surface area contributed by atoms with Crippen molar-refractivity contribution in [3.8, 4) is 5.75 Å². The Kier molecular flexibility index (Phi) is 9.06. The number of hydrogen-bond acceptors (Lipinski definition) is 4. The number of hydrogen-bond donors (Lipinski definition) is 3. The monoisotopic (exact) mass is 449 g/mol. The zero-order valence-corrected chi connectivity index (χ0v) is 16.8. The van der Waals surface area contributed by atoms with E-state index in [-0.39, 0.29) is 30.3 Å². The molecule has 0 bridgehead atoms. The van der Waals surface area contributed by atoms with Gasteiger partial charge in [-0.05, 0) is 19.1 Å². The number of ether oxygens (including phenoxy) is 2. The van der Waals surface area contributed by atoms with Crippen LogP contribution in [0.3, 0.4) is 0 Å². The van der Waals surface area contributed by atoms with Gasteiger partial charge in [0.05, 0.1) is 12.7 Å². The smallest absolute Gasteiger partial charge is 0.254 e. The summed E-state index contributed by atoms with van der Waals surface area (Å²) < 4.78 is 66.7. The van der Waals surface area contributed by atoms with E-state index in [1.54, 1.807) is 0 Å². The molecule has 0 aliphatic heterocycles. The maximum absolute atomic E-state index is 14.3. The van der Waals surface area contributed by atoms with Crippen LogP contribution in [-0.4, -0.2) is 25.5 Å². The Balaban J connectivity index is 0.00000450. The highest BCUT2D eigenvalue weighted by molar-refractivity contribution is 5.95. The quantitative estimate of drug-likeness (QED) is 0.327. The number of benzene rings is 2. The van der Waals surface area contributed by atoms with Crippen molar-refractivity contribution in [2.75, 3.05) is 13.7 Å². The van der Waals surface area contributed by atoms with Gasteiger partial charge in [0.25, 0.3) is 5.91 Å². The van der Waals surface area contributed by atoms with Crippen LogP contribution in [0.2, 0.25) is 0 Å². The van der Waals surface area contributed by atoms with E-state index in [0.29, 0.717) is 0 Å². The number of rotatable bonds is 8. The number of halogens is 5. The molecular formula is C19H20ClF4N3O3. The zero-order chi connectivity index (χ0) is 21.7. The van der Waals surface area contributed by atoms with E-state index in [1.165, 1.54) is 14.0 Å². The number of amidine groups is 1. The summed E-state index contributed by atoms with van der Waals surface area (Å²) in [7, 11) is 1.22. The van der Waals surface area contributed by atoms with Gasteiger partial charge in [0, 0.05) is 36.4 Å². The molecule has 2 aromatic rings. The number of carbonyl (C=O) groups excluding carboxylic acids is 1. The second kappa shape index (κ2) is 10.8. The summed E-state index contributed by atoms with van der Waals surface area (Å²) in [6, 6.07) is 3.46. The van der Waals surface area contributed by atoms with Crippen LogP contribution < -0.4 is 15.8 Å². The number of carbonyl (C=O) groups is 1. The molecule has 2 aromatic carbocycles. The third-order valence-corrected chi connectivity index (χ3v) is 4.01. The van der Waals surface area contributed by atoms with E-state index in [9.17, 15) is 22.4 Å². The Morgan fingerprint density at radius 1 is 1.10 bits per heavy atom. The first-order valence-electron chi connectivity index (χ1n) is 8.44. The van der Waals surface area contributed by atoms with Gasteiger partial charge in [-0.15, -0.1) is 12.4 Å². The average Bonchev–Trinajstić information content (AvgIpc) is 2.65. The van der Waals surface area contributed by atoms with Gasteiger partial charge in [0.1, 0.15) is 34.9 Å². The van der Waals surface area contributed by atoms with Crippen molar-refractivity contribution < 1.29 is 31.8 Å². The van der Waals surface area contributed by atoms with Crippen LogP contribution in [0.4, 0.5) is 17.6 Å². The third kappa shape index (κ3) is 5.61. The molecule has 1 atom stereocenters. The molecule has 0 fully saturated rings. The van der Waals surface area contributed by atoms with E-state index in [4.69, 9.17) is 20.6 Å². The average molecular weight is 450 g/mol. The van der Waals surface area contributed by atoms with Gasteiger partial charge >= 0.3 is 0 Å². The Morgan fingerprint density at radius 2 is 1.63 bits per heavy atom. The molecular weight excluding hydrogens is 430 g/mol. The first kappa shape index (κ1) is 25.2. The van der Waals surface area contributed by atoms with Gasteiger partial charge in [-0.3, -0.25) is 10.2 Å². The first-order valence-corrected chi connectivity index (χ1v) is 8.44. The van der Waals surface area contributed by atoms with Crippen molar-refractivity contribution in [2.45, 2.75) is 19.6 Å². The van der Waals surface area contributed by atoms with E-state index < -0.39 is 58.8 Å². The van der Waals surface area contributed by atoms with Crippen molar-refractivity contribution >= 4 is 24.1 Å². The summed E-state index contributed by atoms with van der Waals surface area (Å²) in [5, 5.41) is 9.42. The molecule has 0 aromatic heterocycles. The van der Waals surface area contributed by atoms with Crippen molar-refractivity contribution in [2.24, 2.45) is 5.73 Å². The minimum absolute atomic E-state index is 0. The standard InChI is InChI=1S/C19H19F4N3O3.ClH/c1-3-29-17(16-14(22)6-10(28-2)7-15(16)23)19(27)26-8-11-12(20)4-9(18(24)25)5-13(11)21;/h4-7,17H,3,8H2,1-2H3,(H3,24,25)(H,26,27);1H. The lowest BCUT2D eigenvalue weighted by Crippen LogP contribution is -2.32.